The van der Waals surface area contributed by atoms with Crippen molar-refractivity contribution in [2.45, 2.75) is 20.0 Å². The Kier molecular flexibility index (Phi) is 7.17. The van der Waals surface area contributed by atoms with Crippen molar-refractivity contribution in [2.75, 3.05) is 24.6 Å². The standard InChI is InChI=1S/C17H19F3N4O2S/c1-3-24(4-2)16-21-9-14(27-16)10-22-23-15(25)11-26-13-7-5-6-12(8-13)17(18,19)20/h5-10H,3-4,11H2,1-2H3,(H,23,25)/b22-10+. The van der Waals surface area contributed by atoms with Gasteiger partial charge in [-0.15, -0.1) is 0 Å². The van der Waals surface area contributed by atoms with Gasteiger partial charge in [0.15, 0.2) is 11.7 Å². The van der Waals surface area contributed by atoms with E-state index in [0.29, 0.717) is 0 Å². The van der Waals surface area contributed by atoms with Gasteiger partial charge in [0.25, 0.3) is 5.91 Å². The second-order valence-corrected chi connectivity index (χ2v) is 6.37. The number of aromatic nitrogens is 1. The van der Waals surface area contributed by atoms with E-state index in [4.69, 9.17) is 4.74 Å². The third-order valence-electron chi connectivity index (χ3n) is 3.46. The molecule has 146 valence electrons. The zero-order valence-corrected chi connectivity index (χ0v) is 15.6. The minimum atomic E-state index is -4.47. The summed E-state index contributed by atoms with van der Waals surface area (Å²) < 4.78 is 43.0. The van der Waals surface area contributed by atoms with Crippen molar-refractivity contribution < 1.29 is 22.7 Å². The Morgan fingerprint density at radius 3 is 2.78 bits per heavy atom. The number of nitrogens with one attached hydrogen (secondary N) is 1. The Morgan fingerprint density at radius 2 is 2.11 bits per heavy atom. The van der Waals surface area contributed by atoms with Gasteiger partial charge in [-0.1, -0.05) is 17.4 Å². The molecule has 10 heteroatoms. The van der Waals surface area contributed by atoms with Crippen LogP contribution in [0.4, 0.5) is 18.3 Å². The second kappa shape index (κ2) is 9.36. The average Bonchev–Trinajstić information content (AvgIpc) is 3.09. The number of ether oxygens (including phenoxy) is 1. The van der Waals surface area contributed by atoms with Gasteiger partial charge in [-0.25, -0.2) is 10.4 Å². The third-order valence-corrected chi connectivity index (χ3v) is 4.45. The molecular formula is C17H19F3N4O2S. The molecule has 1 heterocycles. The molecule has 1 N–H and O–H groups in total. The van der Waals surface area contributed by atoms with Gasteiger partial charge < -0.3 is 9.64 Å². The number of hydrogen-bond donors (Lipinski definition) is 1. The molecule has 0 aliphatic heterocycles. The quantitative estimate of drug-likeness (QED) is 0.544. The summed E-state index contributed by atoms with van der Waals surface area (Å²) in [5.41, 5.74) is 1.42. The molecule has 0 unspecified atom stereocenters. The van der Waals surface area contributed by atoms with E-state index in [2.05, 4.69) is 20.4 Å². The Morgan fingerprint density at radius 1 is 1.37 bits per heavy atom. The Labute approximate surface area is 158 Å². The van der Waals surface area contributed by atoms with E-state index in [-0.39, 0.29) is 5.75 Å². The van der Waals surface area contributed by atoms with E-state index in [1.807, 2.05) is 13.8 Å². The highest BCUT2D eigenvalue weighted by Crippen LogP contribution is 2.31. The maximum atomic E-state index is 12.6. The lowest BCUT2D eigenvalue weighted by atomic mass is 10.2. The molecule has 0 atom stereocenters. The van der Waals surface area contributed by atoms with E-state index < -0.39 is 24.3 Å². The summed E-state index contributed by atoms with van der Waals surface area (Å²) in [6.45, 7) is 5.28. The lowest BCUT2D eigenvalue weighted by molar-refractivity contribution is -0.137. The molecule has 1 amide bonds. The van der Waals surface area contributed by atoms with Gasteiger partial charge in [0.1, 0.15) is 5.75 Å². The number of amides is 1. The van der Waals surface area contributed by atoms with E-state index in [1.54, 1.807) is 6.20 Å². The Hall–Kier alpha value is -2.62. The highest BCUT2D eigenvalue weighted by Gasteiger charge is 2.30. The normalized spacial score (nSPS) is 11.6. The number of carbonyl (C=O) groups excluding carboxylic acids is 1. The molecule has 6 nitrogen and oxygen atoms in total. The summed E-state index contributed by atoms with van der Waals surface area (Å²) in [7, 11) is 0. The van der Waals surface area contributed by atoms with Crippen LogP contribution in [0.25, 0.3) is 0 Å². The Bertz CT molecular complexity index is 788. The smallest absolute Gasteiger partial charge is 0.416 e. The predicted molar refractivity (Wildman–Crippen MR) is 98.4 cm³/mol. The summed E-state index contributed by atoms with van der Waals surface area (Å²) in [6.07, 6.45) is -1.37. The van der Waals surface area contributed by atoms with Crippen LogP contribution in [0.15, 0.2) is 35.6 Å². The van der Waals surface area contributed by atoms with Crippen molar-refractivity contribution in [2.24, 2.45) is 5.10 Å². The van der Waals surface area contributed by atoms with E-state index in [9.17, 15) is 18.0 Å². The highest BCUT2D eigenvalue weighted by atomic mass is 32.1. The fraction of sp³-hybridized carbons (Fsp3) is 0.353. The summed E-state index contributed by atoms with van der Waals surface area (Å²) in [6, 6.07) is 4.32. The zero-order valence-electron chi connectivity index (χ0n) is 14.8. The molecule has 0 bridgehead atoms. The van der Waals surface area contributed by atoms with Gasteiger partial charge in [0.05, 0.1) is 16.7 Å². The number of nitrogens with zero attached hydrogens (tertiary/aromatic N) is 3. The first-order chi connectivity index (χ1) is 12.8. The van der Waals surface area contributed by atoms with Crippen LogP contribution in [0.3, 0.4) is 0 Å². The molecule has 0 saturated carbocycles. The molecule has 2 rings (SSSR count). The second-order valence-electron chi connectivity index (χ2n) is 5.32. The average molecular weight is 400 g/mol. The molecule has 0 spiro atoms. The summed E-state index contributed by atoms with van der Waals surface area (Å²) in [4.78, 5) is 18.8. The first kappa shape index (κ1) is 20.7. The van der Waals surface area contributed by atoms with Crippen LogP contribution in [0.1, 0.15) is 24.3 Å². The van der Waals surface area contributed by atoms with Gasteiger partial charge in [-0.3, -0.25) is 4.79 Å². The molecule has 0 aliphatic carbocycles. The molecular weight excluding hydrogens is 381 g/mol. The molecule has 0 saturated heterocycles. The first-order valence-corrected chi connectivity index (χ1v) is 8.97. The van der Waals surface area contributed by atoms with Crippen molar-refractivity contribution in [3.8, 4) is 5.75 Å². The molecule has 1 aromatic heterocycles. The summed E-state index contributed by atoms with van der Waals surface area (Å²) in [5, 5.41) is 4.66. The Balaban J connectivity index is 1.84. The van der Waals surface area contributed by atoms with Crippen LogP contribution in [0.5, 0.6) is 5.75 Å². The number of anilines is 1. The van der Waals surface area contributed by atoms with Gasteiger partial charge >= 0.3 is 6.18 Å². The van der Waals surface area contributed by atoms with Crippen molar-refractivity contribution in [3.63, 3.8) is 0 Å². The zero-order chi connectivity index (χ0) is 19.9. The largest absolute Gasteiger partial charge is 0.484 e. The van der Waals surface area contributed by atoms with Crippen LogP contribution in [0.2, 0.25) is 0 Å². The number of hydrogen-bond acceptors (Lipinski definition) is 6. The van der Waals surface area contributed by atoms with Gasteiger partial charge in [-0.05, 0) is 32.0 Å². The number of halogens is 3. The minimum Gasteiger partial charge on any atom is -0.484 e. The summed E-state index contributed by atoms with van der Waals surface area (Å²) >= 11 is 1.43. The van der Waals surface area contributed by atoms with Crippen molar-refractivity contribution in [3.05, 3.63) is 40.9 Å². The number of hydrazone groups is 1. The van der Waals surface area contributed by atoms with Gasteiger partial charge in [0.2, 0.25) is 0 Å². The monoisotopic (exact) mass is 400 g/mol. The maximum Gasteiger partial charge on any atom is 0.416 e. The van der Waals surface area contributed by atoms with Crippen LogP contribution < -0.4 is 15.1 Å². The fourth-order valence-electron chi connectivity index (χ4n) is 2.09. The molecule has 27 heavy (non-hydrogen) atoms. The molecule has 0 aliphatic rings. The SMILES string of the molecule is CCN(CC)c1ncc(/C=N/NC(=O)COc2cccc(C(F)(F)F)c2)s1. The molecule has 0 radical (unpaired) electrons. The first-order valence-electron chi connectivity index (χ1n) is 8.16. The van der Waals surface area contributed by atoms with E-state index >= 15 is 0 Å². The van der Waals surface area contributed by atoms with Gasteiger partial charge in [-0.2, -0.15) is 18.3 Å². The number of benzene rings is 1. The van der Waals surface area contributed by atoms with Crippen molar-refractivity contribution >= 4 is 28.6 Å². The number of rotatable bonds is 8. The maximum absolute atomic E-state index is 12.6. The minimum absolute atomic E-state index is 0.0460. The lowest BCUT2D eigenvalue weighted by Crippen LogP contribution is -2.24. The van der Waals surface area contributed by atoms with Crippen LogP contribution in [0, 0.1) is 0 Å². The number of thiazole rings is 1. The number of alkyl halides is 3. The third kappa shape index (κ3) is 6.24. The van der Waals surface area contributed by atoms with Gasteiger partial charge in [0, 0.05) is 19.3 Å². The number of carbonyl (C=O) groups is 1. The van der Waals surface area contributed by atoms with Crippen LogP contribution in [-0.4, -0.2) is 36.8 Å². The highest BCUT2D eigenvalue weighted by molar-refractivity contribution is 7.17. The van der Waals surface area contributed by atoms with Crippen molar-refractivity contribution in [1.82, 2.24) is 10.4 Å². The topological polar surface area (TPSA) is 66.8 Å². The van der Waals surface area contributed by atoms with Crippen LogP contribution in [-0.2, 0) is 11.0 Å². The van der Waals surface area contributed by atoms with Crippen molar-refractivity contribution in [1.29, 1.82) is 0 Å². The fourth-order valence-corrected chi connectivity index (χ4v) is 3.00. The predicted octanol–water partition coefficient (Wildman–Crippen LogP) is 3.54. The van der Waals surface area contributed by atoms with E-state index in [1.165, 1.54) is 29.7 Å². The lowest BCUT2D eigenvalue weighted by Gasteiger charge is -2.16. The molecule has 2 aromatic rings. The van der Waals surface area contributed by atoms with Crippen LogP contribution >= 0.6 is 11.3 Å². The summed E-state index contributed by atoms with van der Waals surface area (Å²) in [5.74, 6) is -0.632. The molecule has 0 fully saturated rings. The van der Waals surface area contributed by atoms with E-state index in [0.717, 1.165) is 35.2 Å². The molecule has 1 aromatic carbocycles.